The van der Waals surface area contributed by atoms with E-state index in [-0.39, 0.29) is 5.63 Å². The predicted octanol–water partition coefficient (Wildman–Crippen LogP) is 5.74. The van der Waals surface area contributed by atoms with Crippen molar-refractivity contribution >= 4 is 22.7 Å². The smallest absolute Gasteiger partial charge is 0.336 e. The second-order valence-corrected chi connectivity index (χ2v) is 6.47. The molecule has 0 aliphatic carbocycles. The van der Waals surface area contributed by atoms with Gasteiger partial charge in [-0.15, -0.1) is 0 Å². The minimum Gasteiger partial charge on any atom is -0.455 e. The molecule has 0 saturated heterocycles. The molecule has 122 valence electrons. The molecular weight excluding hydrogens is 332 g/mol. The standard InChI is InChI=1S/C12H8OS.C9H6O2/c1-3-7-11-9(5-1)13-10-6-2-4-8-12(10)14-11;10-9-6-5-7-3-1-2-4-8(7)11-9/h1-8H;1-6H. The van der Waals surface area contributed by atoms with E-state index in [0.29, 0.717) is 5.58 Å². The molecule has 0 unspecified atom stereocenters. The lowest BCUT2D eigenvalue weighted by Gasteiger charge is -2.18. The molecule has 3 aromatic carbocycles. The van der Waals surface area contributed by atoms with Gasteiger partial charge >= 0.3 is 5.63 Å². The van der Waals surface area contributed by atoms with E-state index in [1.165, 1.54) is 15.9 Å². The summed E-state index contributed by atoms with van der Waals surface area (Å²) in [6, 6.07) is 26.8. The Balaban J connectivity index is 0.000000129. The highest BCUT2D eigenvalue weighted by atomic mass is 32.2. The molecule has 0 radical (unpaired) electrons. The highest BCUT2D eigenvalue weighted by Crippen LogP contribution is 2.46. The lowest BCUT2D eigenvalue weighted by Crippen LogP contribution is -1.93. The summed E-state index contributed by atoms with van der Waals surface area (Å²) in [5, 5.41) is 0.951. The largest absolute Gasteiger partial charge is 0.455 e. The van der Waals surface area contributed by atoms with Crippen LogP contribution < -0.4 is 10.4 Å². The predicted molar refractivity (Wildman–Crippen MR) is 99.6 cm³/mol. The molecule has 1 aliphatic rings. The van der Waals surface area contributed by atoms with Crippen LogP contribution >= 0.6 is 11.8 Å². The fourth-order valence-electron chi connectivity index (χ4n) is 2.49. The van der Waals surface area contributed by atoms with Gasteiger partial charge in [-0.25, -0.2) is 4.79 Å². The number of para-hydroxylation sites is 3. The van der Waals surface area contributed by atoms with Crippen LogP contribution in [0.25, 0.3) is 11.0 Å². The Morgan fingerprint density at radius 1 is 0.640 bits per heavy atom. The van der Waals surface area contributed by atoms with Crippen molar-refractivity contribution in [1.29, 1.82) is 0 Å². The van der Waals surface area contributed by atoms with Crippen LogP contribution in [0.15, 0.2) is 104 Å². The summed E-state index contributed by atoms with van der Waals surface area (Å²) < 4.78 is 10.7. The van der Waals surface area contributed by atoms with E-state index in [9.17, 15) is 4.79 Å². The summed E-state index contributed by atoms with van der Waals surface area (Å²) >= 11 is 1.76. The maximum Gasteiger partial charge on any atom is 0.336 e. The van der Waals surface area contributed by atoms with Crippen LogP contribution in [0.1, 0.15) is 0 Å². The van der Waals surface area contributed by atoms with Gasteiger partial charge in [-0.2, -0.15) is 0 Å². The minimum absolute atomic E-state index is 0.302. The van der Waals surface area contributed by atoms with Crippen molar-refractivity contribution in [3.63, 3.8) is 0 Å². The van der Waals surface area contributed by atoms with Crippen molar-refractivity contribution in [3.8, 4) is 11.5 Å². The van der Waals surface area contributed by atoms with Crippen LogP contribution in [0.4, 0.5) is 0 Å². The highest BCUT2D eigenvalue weighted by Gasteiger charge is 2.15. The molecule has 25 heavy (non-hydrogen) atoms. The zero-order chi connectivity index (χ0) is 17.1. The Labute approximate surface area is 148 Å². The van der Waals surface area contributed by atoms with Crippen molar-refractivity contribution in [1.82, 2.24) is 0 Å². The highest BCUT2D eigenvalue weighted by molar-refractivity contribution is 7.99. The molecule has 0 bridgehead atoms. The van der Waals surface area contributed by atoms with Crippen LogP contribution in [0.5, 0.6) is 11.5 Å². The molecule has 0 saturated carbocycles. The van der Waals surface area contributed by atoms with Gasteiger partial charge in [-0.1, -0.05) is 54.2 Å². The summed E-state index contributed by atoms with van der Waals surface area (Å²) in [5.74, 6) is 1.91. The first kappa shape index (κ1) is 15.5. The molecule has 0 N–H and O–H groups in total. The van der Waals surface area contributed by atoms with Gasteiger partial charge in [-0.3, -0.25) is 0 Å². The van der Waals surface area contributed by atoms with Gasteiger partial charge in [0.05, 0.1) is 9.79 Å². The van der Waals surface area contributed by atoms with Gasteiger partial charge in [0.2, 0.25) is 0 Å². The van der Waals surface area contributed by atoms with Gasteiger partial charge in [0, 0.05) is 11.5 Å². The van der Waals surface area contributed by atoms with E-state index < -0.39 is 0 Å². The van der Waals surface area contributed by atoms with Crippen molar-refractivity contribution in [2.75, 3.05) is 0 Å². The molecule has 1 aliphatic heterocycles. The molecule has 2 heterocycles. The third kappa shape index (κ3) is 3.44. The Hall–Kier alpha value is -2.98. The van der Waals surface area contributed by atoms with E-state index in [2.05, 4.69) is 12.1 Å². The molecular formula is C21H14O3S. The first-order valence-corrected chi connectivity index (χ1v) is 8.64. The topological polar surface area (TPSA) is 39.4 Å². The van der Waals surface area contributed by atoms with Crippen LogP contribution in [-0.4, -0.2) is 0 Å². The van der Waals surface area contributed by atoms with Gasteiger partial charge in [0.25, 0.3) is 0 Å². The van der Waals surface area contributed by atoms with Crippen molar-refractivity contribution < 1.29 is 9.15 Å². The summed E-state index contributed by atoms with van der Waals surface area (Å²) in [7, 11) is 0. The number of hydrogen-bond donors (Lipinski definition) is 0. The number of fused-ring (bicyclic) bond motifs is 3. The third-order valence-corrected chi connectivity index (χ3v) is 4.78. The first-order valence-electron chi connectivity index (χ1n) is 7.82. The zero-order valence-electron chi connectivity index (χ0n) is 13.2. The lowest BCUT2D eigenvalue weighted by atomic mass is 10.2. The third-order valence-electron chi connectivity index (χ3n) is 3.67. The van der Waals surface area contributed by atoms with E-state index in [4.69, 9.17) is 9.15 Å². The van der Waals surface area contributed by atoms with Crippen molar-refractivity contribution in [2.24, 2.45) is 0 Å². The summed E-state index contributed by atoms with van der Waals surface area (Å²) in [6.07, 6.45) is 0. The van der Waals surface area contributed by atoms with Crippen molar-refractivity contribution in [2.45, 2.75) is 9.79 Å². The fourth-order valence-corrected chi connectivity index (χ4v) is 3.44. The maximum absolute atomic E-state index is 10.7. The molecule has 4 heteroatoms. The molecule has 1 aromatic heterocycles. The first-order chi connectivity index (χ1) is 12.3. The normalized spacial score (nSPS) is 11.5. The number of ether oxygens (including phenoxy) is 1. The van der Waals surface area contributed by atoms with Crippen LogP contribution in [0.3, 0.4) is 0 Å². The van der Waals surface area contributed by atoms with Crippen LogP contribution in [0, 0.1) is 0 Å². The summed E-state index contributed by atoms with van der Waals surface area (Å²) in [6.45, 7) is 0. The molecule has 5 rings (SSSR count). The summed E-state index contributed by atoms with van der Waals surface area (Å²) in [5.41, 5.74) is 0.337. The Morgan fingerprint density at radius 3 is 1.96 bits per heavy atom. The van der Waals surface area contributed by atoms with Crippen LogP contribution in [-0.2, 0) is 0 Å². The second kappa shape index (κ2) is 6.87. The SMILES string of the molecule is O=c1ccc2ccccc2o1.c1ccc2c(c1)Oc1ccccc1S2. The average molecular weight is 346 g/mol. The fraction of sp³-hybridized carbons (Fsp3) is 0. The minimum atomic E-state index is -0.302. The Morgan fingerprint density at radius 2 is 1.24 bits per heavy atom. The van der Waals surface area contributed by atoms with Gasteiger partial charge in [0.1, 0.15) is 17.1 Å². The van der Waals surface area contributed by atoms with Gasteiger partial charge in [-0.05, 0) is 36.4 Å². The van der Waals surface area contributed by atoms with Crippen molar-refractivity contribution in [3.05, 3.63) is 95.3 Å². The zero-order valence-corrected chi connectivity index (χ0v) is 14.0. The number of benzene rings is 3. The molecule has 0 fully saturated rings. The van der Waals surface area contributed by atoms with E-state index in [1.54, 1.807) is 23.9 Å². The Kier molecular flexibility index (Phi) is 4.27. The van der Waals surface area contributed by atoms with E-state index >= 15 is 0 Å². The molecule has 4 aromatic rings. The number of rotatable bonds is 0. The molecule has 3 nitrogen and oxygen atoms in total. The Bertz CT molecular complexity index is 998. The second-order valence-electron chi connectivity index (χ2n) is 5.39. The van der Waals surface area contributed by atoms with E-state index in [0.717, 1.165) is 16.9 Å². The van der Waals surface area contributed by atoms with Crippen LogP contribution in [0.2, 0.25) is 0 Å². The summed E-state index contributed by atoms with van der Waals surface area (Å²) in [4.78, 5) is 13.1. The van der Waals surface area contributed by atoms with E-state index in [1.807, 2.05) is 54.6 Å². The molecule has 0 amide bonds. The van der Waals surface area contributed by atoms with Gasteiger partial charge in [0.15, 0.2) is 0 Å². The maximum atomic E-state index is 10.7. The average Bonchev–Trinajstić information content (AvgIpc) is 2.66. The molecule has 0 spiro atoms. The molecule has 0 atom stereocenters. The quantitative estimate of drug-likeness (QED) is 0.335. The van der Waals surface area contributed by atoms with Gasteiger partial charge < -0.3 is 9.15 Å². The number of hydrogen-bond acceptors (Lipinski definition) is 4. The monoisotopic (exact) mass is 346 g/mol. The lowest BCUT2D eigenvalue weighted by molar-refractivity contribution is 0.454.